The highest BCUT2D eigenvalue weighted by molar-refractivity contribution is 5.84. The van der Waals surface area contributed by atoms with Crippen molar-refractivity contribution in [2.75, 3.05) is 13.7 Å². The number of ether oxygens (including phenoxy) is 2. The molecule has 0 aliphatic heterocycles. The highest BCUT2D eigenvalue weighted by Gasteiger charge is 2.23. The first-order chi connectivity index (χ1) is 11.6. The first-order valence-corrected chi connectivity index (χ1v) is 7.91. The number of hydrogen-bond acceptors (Lipinski definition) is 6. The van der Waals surface area contributed by atoms with Crippen molar-refractivity contribution in [1.29, 1.82) is 0 Å². The second kappa shape index (κ2) is 9.05. The Labute approximate surface area is 147 Å². The van der Waals surface area contributed by atoms with Gasteiger partial charge in [-0.1, -0.05) is 0 Å². The number of aromatic nitrogens is 2. The molecular formula is C16H26N4O5. The molecule has 0 bridgehead atoms. The number of nitrogens with zero attached hydrogens (tertiary/aromatic N) is 2. The van der Waals surface area contributed by atoms with Crippen LogP contribution in [0.3, 0.4) is 0 Å². The minimum Gasteiger partial charge on any atom is -0.467 e. The fraction of sp³-hybridized carbons (Fsp3) is 0.625. The summed E-state index contributed by atoms with van der Waals surface area (Å²) in [6.07, 6.45) is 2.90. The molecule has 1 atom stereocenters. The van der Waals surface area contributed by atoms with Crippen molar-refractivity contribution >= 4 is 18.0 Å². The highest BCUT2D eigenvalue weighted by atomic mass is 16.6. The van der Waals surface area contributed by atoms with Gasteiger partial charge in [0.2, 0.25) is 5.91 Å². The van der Waals surface area contributed by atoms with Gasteiger partial charge < -0.3 is 24.7 Å². The van der Waals surface area contributed by atoms with Crippen LogP contribution in [0.1, 0.15) is 32.9 Å². The quantitative estimate of drug-likeness (QED) is 0.691. The smallest absolute Gasteiger partial charge is 0.407 e. The van der Waals surface area contributed by atoms with E-state index in [-0.39, 0.29) is 25.3 Å². The molecule has 0 aliphatic rings. The van der Waals surface area contributed by atoms with Crippen LogP contribution in [0.4, 0.5) is 4.79 Å². The van der Waals surface area contributed by atoms with E-state index in [9.17, 15) is 14.4 Å². The predicted molar refractivity (Wildman–Crippen MR) is 89.7 cm³/mol. The molecule has 0 saturated heterocycles. The van der Waals surface area contributed by atoms with Crippen LogP contribution in [0.2, 0.25) is 0 Å². The zero-order valence-corrected chi connectivity index (χ0v) is 15.3. The lowest BCUT2D eigenvalue weighted by atomic mass is 10.1. The van der Waals surface area contributed by atoms with Crippen LogP contribution in [0.15, 0.2) is 12.5 Å². The number of carbonyl (C=O) groups excluding carboxylic acids is 3. The van der Waals surface area contributed by atoms with Crippen LogP contribution in [-0.2, 0) is 32.5 Å². The minimum absolute atomic E-state index is 0.0120. The van der Waals surface area contributed by atoms with Gasteiger partial charge in [0.15, 0.2) is 0 Å². The monoisotopic (exact) mass is 354 g/mol. The topological polar surface area (TPSA) is 112 Å². The van der Waals surface area contributed by atoms with Gasteiger partial charge in [-0.2, -0.15) is 0 Å². The number of alkyl carbamates (subject to hydrolysis) is 1. The Kier molecular flexibility index (Phi) is 7.41. The molecule has 0 radical (unpaired) electrons. The molecule has 0 unspecified atom stereocenters. The molecule has 0 fully saturated rings. The molecule has 140 valence electrons. The number of imidazole rings is 1. The van der Waals surface area contributed by atoms with Crippen molar-refractivity contribution < 1.29 is 23.9 Å². The highest BCUT2D eigenvalue weighted by Crippen LogP contribution is 2.06. The van der Waals surface area contributed by atoms with Gasteiger partial charge in [0, 0.05) is 38.3 Å². The average Bonchev–Trinajstić information content (AvgIpc) is 2.89. The van der Waals surface area contributed by atoms with Gasteiger partial charge in [0.25, 0.3) is 0 Å². The molecule has 0 aliphatic carbocycles. The van der Waals surface area contributed by atoms with Gasteiger partial charge >= 0.3 is 12.1 Å². The summed E-state index contributed by atoms with van der Waals surface area (Å²) in [6, 6.07) is -0.825. The van der Waals surface area contributed by atoms with Gasteiger partial charge in [-0.15, -0.1) is 0 Å². The van der Waals surface area contributed by atoms with E-state index in [0.29, 0.717) is 0 Å². The van der Waals surface area contributed by atoms with Gasteiger partial charge in [-0.3, -0.25) is 4.79 Å². The third-order valence-electron chi connectivity index (χ3n) is 3.17. The summed E-state index contributed by atoms with van der Waals surface area (Å²) in [6.45, 7) is 5.34. The standard InChI is InChI=1S/C16H26N4O5/c1-16(2,3)25-15(23)18-7-6-13(21)19-12(14(22)24-5)8-11-9-17-10-20(11)4/h9-10,12H,6-8H2,1-5H3,(H,18,23)(H,19,21)/t12-/m0/s1. The van der Waals surface area contributed by atoms with Crippen LogP contribution < -0.4 is 10.6 Å². The number of aryl methyl sites for hydroxylation is 1. The Bertz CT molecular complexity index is 606. The Balaban J connectivity index is 2.49. The molecule has 1 rings (SSSR count). The van der Waals surface area contributed by atoms with Crippen LogP contribution in [-0.4, -0.2) is 52.8 Å². The van der Waals surface area contributed by atoms with E-state index in [0.717, 1.165) is 5.69 Å². The van der Waals surface area contributed by atoms with Crippen molar-refractivity contribution in [3.05, 3.63) is 18.2 Å². The Morgan fingerprint density at radius 2 is 2.00 bits per heavy atom. The number of carbonyl (C=O) groups is 3. The first-order valence-electron chi connectivity index (χ1n) is 7.91. The first kappa shape index (κ1) is 20.5. The SMILES string of the molecule is COC(=O)[C@H](Cc1cncn1C)NC(=O)CCNC(=O)OC(C)(C)C. The Morgan fingerprint density at radius 3 is 2.52 bits per heavy atom. The largest absolute Gasteiger partial charge is 0.467 e. The van der Waals surface area contributed by atoms with E-state index in [1.54, 1.807) is 44.9 Å². The van der Waals surface area contributed by atoms with E-state index < -0.39 is 23.7 Å². The summed E-state index contributed by atoms with van der Waals surface area (Å²) in [7, 11) is 3.05. The zero-order chi connectivity index (χ0) is 19.0. The molecule has 0 aromatic carbocycles. The number of rotatable bonds is 7. The van der Waals surface area contributed by atoms with E-state index >= 15 is 0 Å². The number of nitrogens with one attached hydrogen (secondary N) is 2. The maximum Gasteiger partial charge on any atom is 0.407 e. The normalized spacial score (nSPS) is 12.2. The van der Waals surface area contributed by atoms with E-state index in [1.807, 2.05) is 0 Å². The minimum atomic E-state index is -0.825. The maximum absolute atomic E-state index is 12.0. The number of amides is 2. The lowest BCUT2D eigenvalue weighted by Gasteiger charge is -2.20. The molecule has 0 spiro atoms. The van der Waals surface area contributed by atoms with E-state index in [4.69, 9.17) is 9.47 Å². The summed E-state index contributed by atoms with van der Waals surface area (Å²) >= 11 is 0. The molecule has 0 saturated carbocycles. The predicted octanol–water partition coefficient (Wildman–Crippen LogP) is 0.535. The molecule has 1 aromatic rings. The summed E-state index contributed by atoms with van der Waals surface area (Å²) < 4.78 is 11.6. The van der Waals surface area contributed by atoms with Crippen molar-refractivity contribution in [2.45, 2.75) is 45.3 Å². The van der Waals surface area contributed by atoms with Crippen LogP contribution >= 0.6 is 0 Å². The van der Waals surface area contributed by atoms with Crippen LogP contribution in [0, 0.1) is 0 Å². The second-order valence-electron chi connectivity index (χ2n) is 6.52. The van der Waals surface area contributed by atoms with E-state index in [1.165, 1.54) is 7.11 Å². The van der Waals surface area contributed by atoms with Gasteiger partial charge in [-0.25, -0.2) is 14.6 Å². The Hall–Kier alpha value is -2.58. The fourth-order valence-corrected chi connectivity index (χ4v) is 1.98. The lowest BCUT2D eigenvalue weighted by Crippen LogP contribution is -2.44. The maximum atomic E-state index is 12.0. The third-order valence-corrected chi connectivity index (χ3v) is 3.17. The average molecular weight is 354 g/mol. The Morgan fingerprint density at radius 1 is 1.32 bits per heavy atom. The molecule has 25 heavy (non-hydrogen) atoms. The van der Waals surface area contributed by atoms with Crippen LogP contribution in [0.25, 0.3) is 0 Å². The lowest BCUT2D eigenvalue weighted by molar-refractivity contribution is -0.145. The summed E-state index contributed by atoms with van der Waals surface area (Å²) in [5, 5.41) is 5.10. The zero-order valence-electron chi connectivity index (χ0n) is 15.3. The van der Waals surface area contributed by atoms with Crippen molar-refractivity contribution in [2.24, 2.45) is 7.05 Å². The number of methoxy groups -OCH3 is 1. The molecule has 9 heteroatoms. The second-order valence-corrected chi connectivity index (χ2v) is 6.52. The van der Waals surface area contributed by atoms with Crippen molar-refractivity contribution in [3.8, 4) is 0 Å². The summed E-state index contributed by atoms with van der Waals surface area (Å²) in [4.78, 5) is 39.4. The number of hydrogen-bond donors (Lipinski definition) is 2. The molecule has 1 heterocycles. The molecular weight excluding hydrogens is 328 g/mol. The van der Waals surface area contributed by atoms with Crippen LogP contribution in [0.5, 0.6) is 0 Å². The summed E-state index contributed by atoms with van der Waals surface area (Å²) in [5.74, 6) is -0.928. The van der Waals surface area contributed by atoms with E-state index in [2.05, 4.69) is 15.6 Å². The third kappa shape index (κ3) is 7.69. The van der Waals surface area contributed by atoms with Gasteiger partial charge in [0.1, 0.15) is 11.6 Å². The van der Waals surface area contributed by atoms with Gasteiger partial charge in [0.05, 0.1) is 13.4 Å². The fourth-order valence-electron chi connectivity index (χ4n) is 1.98. The van der Waals surface area contributed by atoms with Crippen molar-refractivity contribution in [3.63, 3.8) is 0 Å². The van der Waals surface area contributed by atoms with Gasteiger partial charge in [-0.05, 0) is 20.8 Å². The number of esters is 1. The summed E-state index contributed by atoms with van der Waals surface area (Å²) in [5.41, 5.74) is 0.174. The molecule has 9 nitrogen and oxygen atoms in total. The van der Waals surface area contributed by atoms with Crippen molar-refractivity contribution in [1.82, 2.24) is 20.2 Å². The molecule has 2 amide bonds. The molecule has 1 aromatic heterocycles. The molecule has 2 N–H and O–H groups in total.